The number of hydrogen-bond donors (Lipinski definition) is 4. The van der Waals surface area contributed by atoms with E-state index in [9.17, 15) is 14.6 Å². The first kappa shape index (κ1) is 19.8. The van der Waals surface area contributed by atoms with Gasteiger partial charge in [0.15, 0.2) is 17.0 Å². The van der Waals surface area contributed by atoms with Crippen LogP contribution in [0.4, 0.5) is 16.2 Å². The summed E-state index contributed by atoms with van der Waals surface area (Å²) in [6, 6.07) is 3.76. The number of aliphatic hydroxyl groups excluding tert-OH is 1. The van der Waals surface area contributed by atoms with E-state index in [4.69, 9.17) is 0 Å². The average Bonchev–Trinajstić information content (AvgIpc) is 3.11. The predicted molar refractivity (Wildman–Crippen MR) is 106 cm³/mol. The molecule has 8 nitrogen and oxygen atoms in total. The van der Waals surface area contributed by atoms with Gasteiger partial charge in [0.25, 0.3) is 0 Å². The van der Waals surface area contributed by atoms with Crippen molar-refractivity contribution in [1.29, 1.82) is 0 Å². The third kappa shape index (κ3) is 4.14. The van der Waals surface area contributed by atoms with Crippen molar-refractivity contribution in [2.45, 2.75) is 45.8 Å². The highest BCUT2D eigenvalue weighted by Gasteiger charge is 2.17. The second-order valence-electron chi connectivity index (χ2n) is 6.87. The van der Waals surface area contributed by atoms with Crippen LogP contribution in [-0.2, 0) is 6.54 Å². The molecule has 0 unspecified atom stereocenters. The summed E-state index contributed by atoms with van der Waals surface area (Å²) in [7, 11) is 0. The Labute approximate surface area is 162 Å². The number of aliphatic hydroxyl groups is 1. The van der Waals surface area contributed by atoms with Crippen LogP contribution in [0.2, 0.25) is 0 Å². The van der Waals surface area contributed by atoms with Gasteiger partial charge in [0, 0.05) is 18.2 Å². The molecule has 3 aromatic rings. The minimum absolute atomic E-state index is 0.00316. The van der Waals surface area contributed by atoms with E-state index in [0.29, 0.717) is 34.9 Å². The molecular weight excluding hydrogens is 363 g/mol. The van der Waals surface area contributed by atoms with Crippen LogP contribution in [0.3, 0.4) is 0 Å². The van der Waals surface area contributed by atoms with Crippen molar-refractivity contribution in [3.05, 3.63) is 35.9 Å². The Morgan fingerprint density at radius 2 is 2.04 bits per heavy atom. The van der Waals surface area contributed by atoms with E-state index in [0.717, 1.165) is 0 Å². The molecule has 0 saturated carbocycles. The smallest absolute Gasteiger partial charge is 0.227 e. The summed E-state index contributed by atoms with van der Waals surface area (Å²) in [6.45, 7) is 6.13. The number of nitrogens with one attached hydrogen (secondary N) is 2. The van der Waals surface area contributed by atoms with Crippen molar-refractivity contribution < 1.29 is 14.6 Å². The van der Waals surface area contributed by atoms with Crippen molar-refractivity contribution in [3.63, 3.8) is 0 Å². The molecule has 0 amide bonds. The SMILES string of the molecule is CC[C@H](CO)Nc1nc(NCc2cc(F)ccc2O)c2ncn(C(C)C)c2n1. The second kappa shape index (κ2) is 8.39. The monoisotopic (exact) mass is 388 g/mol. The van der Waals surface area contributed by atoms with Crippen molar-refractivity contribution in [2.75, 3.05) is 17.2 Å². The lowest BCUT2D eigenvalue weighted by Gasteiger charge is -2.16. The molecule has 0 aliphatic heterocycles. The van der Waals surface area contributed by atoms with Gasteiger partial charge >= 0.3 is 0 Å². The fourth-order valence-corrected chi connectivity index (χ4v) is 2.82. The van der Waals surface area contributed by atoms with Crippen molar-refractivity contribution in [1.82, 2.24) is 19.5 Å². The normalized spacial score (nSPS) is 12.5. The molecule has 2 aromatic heterocycles. The van der Waals surface area contributed by atoms with Crippen LogP contribution in [0.15, 0.2) is 24.5 Å². The molecule has 4 N–H and O–H groups in total. The van der Waals surface area contributed by atoms with E-state index in [1.54, 1.807) is 6.33 Å². The van der Waals surface area contributed by atoms with E-state index >= 15 is 0 Å². The zero-order valence-corrected chi connectivity index (χ0v) is 16.1. The number of nitrogens with zero attached hydrogens (tertiary/aromatic N) is 4. The van der Waals surface area contributed by atoms with E-state index in [-0.39, 0.29) is 31.0 Å². The fourth-order valence-electron chi connectivity index (χ4n) is 2.82. The summed E-state index contributed by atoms with van der Waals surface area (Å²) in [6.07, 6.45) is 2.41. The quantitative estimate of drug-likeness (QED) is 0.470. The standard InChI is InChI=1S/C19H25FN6O2/c1-4-14(9-27)23-19-24-17(16-18(25-19)26(10-22-16)11(2)3)21-8-12-7-13(20)5-6-15(12)28/h5-7,10-11,14,27-28H,4,8-9H2,1-3H3,(H2,21,23,24,25)/t14-/m1/s1. The van der Waals surface area contributed by atoms with E-state index in [1.165, 1.54) is 18.2 Å². The van der Waals surface area contributed by atoms with Crippen LogP contribution in [-0.4, -0.2) is 42.4 Å². The Kier molecular flexibility index (Phi) is 5.93. The zero-order chi connectivity index (χ0) is 20.3. The number of rotatable bonds is 8. The lowest BCUT2D eigenvalue weighted by molar-refractivity contribution is 0.271. The third-order valence-electron chi connectivity index (χ3n) is 4.51. The van der Waals surface area contributed by atoms with E-state index < -0.39 is 5.82 Å². The highest BCUT2D eigenvalue weighted by Crippen LogP contribution is 2.25. The Balaban J connectivity index is 1.98. The maximum absolute atomic E-state index is 13.5. The van der Waals surface area contributed by atoms with Crippen LogP contribution in [0.1, 0.15) is 38.8 Å². The molecule has 28 heavy (non-hydrogen) atoms. The van der Waals surface area contributed by atoms with Crippen LogP contribution in [0, 0.1) is 5.82 Å². The molecule has 1 atom stereocenters. The summed E-state index contributed by atoms with van der Waals surface area (Å²) in [5, 5.41) is 25.6. The zero-order valence-electron chi connectivity index (χ0n) is 16.1. The van der Waals surface area contributed by atoms with Gasteiger partial charge in [-0.05, 0) is 38.5 Å². The predicted octanol–water partition coefficient (Wildman–Crippen LogP) is 3.05. The summed E-state index contributed by atoms with van der Waals surface area (Å²) < 4.78 is 15.4. The minimum Gasteiger partial charge on any atom is -0.508 e. The number of fused-ring (bicyclic) bond motifs is 1. The number of anilines is 2. The molecule has 0 radical (unpaired) electrons. The van der Waals surface area contributed by atoms with E-state index in [1.807, 2.05) is 25.3 Å². The summed E-state index contributed by atoms with van der Waals surface area (Å²) >= 11 is 0. The molecule has 3 rings (SSSR count). The van der Waals surface area contributed by atoms with Gasteiger partial charge in [-0.1, -0.05) is 6.92 Å². The van der Waals surface area contributed by atoms with Gasteiger partial charge in [0.1, 0.15) is 11.6 Å². The largest absolute Gasteiger partial charge is 0.508 e. The molecule has 2 heterocycles. The number of aromatic nitrogens is 4. The number of aromatic hydroxyl groups is 1. The Morgan fingerprint density at radius 1 is 1.25 bits per heavy atom. The van der Waals surface area contributed by atoms with Crippen molar-refractivity contribution >= 4 is 22.9 Å². The first-order valence-corrected chi connectivity index (χ1v) is 9.26. The number of imidazole rings is 1. The van der Waals surface area contributed by atoms with Crippen LogP contribution >= 0.6 is 0 Å². The number of phenols is 1. The Hall–Kier alpha value is -2.94. The molecule has 0 fully saturated rings. The summed E-state index contributed by atoms with van der Waals surface area (Å²) in [5.74, 6) is 0.393. The highest BCUT2D eigenvalue weighted by molar-refractivity contribution is 5.84. The first-order chi connectivity index (χ1) is 13.4. The molecule has 0 aliphatic carbocycles. The maximum atomic E-state index is 13.5. The number of halogens is 1. The lowest BCUT2D eigenvalue weighted by atomic mass is 10.2. The molecule has 0 spiro atoms. The van der Waals surface area contributed by atoms with Crippen LogP contribution in [0.5, 0.6) is 5.75 Å². The van der Waals surface area contributed by atoms with Gasteiger partial charge in [-0.2, -0.15) is 9.97 Å². The topological polar surface area (TPSA) is 108 Å². The van der Waals surface area contributed by atoms with Crippen LogP contribution < -0.4 is 10.6 Å². The Morgan fingerprint density at radius 3 is 2.71 bits per heavy atom. The third-order valence-corrected chi connectivity index (χ3v) is 4.51. The number of phenolic OH excluding ortho intramolecular Hbond substituents is 1. The molecular formula is C19H25FN6O2. The number of benzene rings is 1. The maximum Gasteiger partial charge on any atom is 0.227 e. The van der Waals surface area contributed by atoms with Gasteiger partial charge in [-0.25, -0.2) is 9.37 Å². The van der Waals surface area contributed by atoms with Gasteiger partial charge in [0.05, 0.1) is 19.0 Å². The van der Waals surface area contributed by atoms with Crippen molar-refractivity contribution in [3.8, 4) is 5.75 Å². The lowest BCUT2D eigenvalue weighted by Crippen LogP contribution is -2.24. The highest BCUT2D eigenvalue weighted by atomic mass is 19.1. The second-order valence-corrected chi connectivity index (χ2v) is 6.87. The first-order valence-electron chi connectivity index (χ1n) is 9.26. The summed E-state index contributed by atoms with van der Waals surface area (Å²) in [5.41, 5.74) is 1.63. The molecule has 150 valence electrons. The van der Waals surface area contributed by atoms with Crippen LogP contribution in [0.25, 0.3) is 11.2 Å². The van der Waals surface area contributed by atoms with Gasteiger partial charge < -0.3 is 25.4 Å². The average molecular weight is 388 g/mol. The molecule has 9 heteroatoms. The summed E-state index contributed by atoms with van der Waals surface area (Å²) in [4.78, 5) is 13.5. The molecule has 0 saturated heterocycles. The van der Waals surface area contributed by atoms with Gasteiger partial charge in [-0.3, -0.25) is 0 Å². The fraction of sp³-hybridized carbons (Fsp3) is 0.421. The van der Waals surface area contributed by atoms with Crippen molar-refractivity contribution in [2.24, 2.45) is 0 Å². The molecule has 0 aliphatic rings. The molecule has 0 bridgehead atoms. The van der Waals surface area contributed by atoms with E-state index in [2.05, 4.69) is 25.6 Å². The van der Waals surface area contributed by atoms with Gasteiger partial charge in [-0.15, -0.1) is 0 Å². The Bertz CT molecular complexity index is 955. The number of hydrogen-bond acceptors (Lipinski definition) is 7. The van der Waals surface area contributed by atoms with Gasteiger partial charge in [0.2, 0.25) is 5.95 Å². The molecule has 1 aromatic carbocycles. The minimum atomic E-state index is -0.428.